The summed E-state index contributed by atoms with van der Waals surface area (Å²) in [5.74, 6) is 6.05. The maximum absolute atomic E-state index is 11.0. The Balaban J connectivity index is 3.70. The Morgan fingerprint density at radius 1 is 1.00 bits per heavy atom. The molecule has 0 fully saturated rings. The minimum atomic E-state index is -0.488. The molecule has 0 aromatic rings. The smallest absolute Gasteiger partial charge is 0.305 e. The van der Waals surface area contributed by atoms with Gasteiger partial charge in [0.1, 0.15) is 6.10 Å². The maximum Gasteiger partial charge on any atom is 0.305 e. The lowest BCUT2D eigenvalue weighted by molar-refractivity contribution is -0.140. The van der Waals surface area contributed by atoms with Crippen LogP contribution in [-0.4, -0.2) is 37.5 Å². The Hall–Kier alpha value is -1.05. The predicted octanol–water partition coefficient (Wildman–Crippen LogP) is 4.24. The highest BCUT2D eigenvalue weighted by atomic mass is 16.5. The number of carbonyl (C=O) groups excluding carboxylic acids is 1. The maximum atomic E-state index is 11.0. The molecule has 140 valence electrons. The Kier molecular flexibility index (Phi) is 16.1. The Morgan fingerprint density at radius 3 is 2.33 bits per heavy atom. The number of aliphatic hydroxyl groups is 1. The summed E-state index contributed by atoms with van der Waals surface area (Å²) >= 11 is 0. The van der Waals surface area contributed by atoms with Gasteiger partial charge in [-0.3, -0.25) is 4.79 Å². The quantitative estimate of drug-likeness (QED) is 0.292. The van der Waals surface area contributed by atoms with Gasteiger partial charge in [-0.25, -0.2) is 0 Å². The molecule has 4 heteroatoms. The van der Waals surface area contributed by atoms with E-state index in [9.17, 15) is 9.90 Å². The summed E-state index contributed by atoms with van der Waals surface area (Å²) in [6.45, 7) is 2.18. The van der Waals surface area contributed by atoms with E-state index < -0.39 is 6.10 Å². The second-order valence-corrected chi connectivity index (χ2v) is 6.24. The summed E-state index contributed by atoms with van der Waals surface area (Å²) in [6, 6.07) is 0. The molecular formula is C20H36O4. The first-order valence-corrected chi connectivity index (χ1v) is 9.41. The van der Waals surface area contributed by atoms with Crippen LogP contribution in [0.25, 0.3) is 0 Å². The Morgan fingerprint density at radius 2 is 1.67 bits per heavy atom. The summed E-state index contributed by atoms with van der Waals surface area (Å²) < 4.78 is 9.90. The van der Waals surface area contributed by atoms with E-state index in [1.807, 2.05) is 0 Å². The molecular weight excluding hydrogens is 304 g/mol. The van der Waals surface area contributed by atoms with Crippen molar-refractivity contribution in [2.75, 3.05) is 14.2 Å². The number of methoxy groups -OCH3 is 2. The average Bonchev–Trinajstić information content (AvgIpc) is 2.60. The number of ether oxygens (including phenoxy) is 2. The van der Waals surface area contributed by atoms with Gasteiger partial charge in [-0.1, -0.05) is 57.8 Å². The largest absolute Gasteiger partial charge is 0.469 e. The van der Waals surface area contributed by atoms with Crippen LogP contribution in [0.3, 0.4) is 0 Å². The van der Waals surface area contributed by atoms with Crippen molar-refractivity contribution in [2.24, 2.45) is 0 Å². The molecule has 0 aromatic carbocycles. The van der Waals surface area contributed by atoms with Crippen LogP contribution in [0.1, 0.15) is 84.0 Å². The highest BCUT2D eigenvalue weighted by Crippen LogP contribution is 2.10. The van der Waals surface area contributed by atoms with Gasteiger partial charge in [-0.2, -0.15) is 0 Å². The minimum Gasteiger partial charge on any atom is -0.469 e. The number of unbranched alkanes of at least 4 members (excludes halogenated alkanes) is 8. The van der Waals surface area contributed by atoms with E-state index in [0.29, 0.717) is 6.42 Å². The van der Waals surface area contributed by atoms with Crippen LogP contribution in [-0.2, 0) is 14.3 Å². The molecule has 0 spiro atoms. The fourth-order valence-electron chi connectivity index (χ4n) is 2.53. The molecule has 0 aliphatic carbocycles. The molecule has 0 radical (unpaired) electrons. The SMILES string of the molecule is CCCCCCC(O)C(C#CCCCCCCCC(=O)OC)OC. The third-order valence-electron chi connectivity index (χ3n) is 4.11. The van der Waals surface area contributed by atoms with Crippen molar-refractivity contribution in [2.45, 2.75) is 96.2 Å². The average molecular weight is 341 g/mol. The van der Waals surface area contributed by atoms with E-state index in [1.54, 1.807) is 7.11 Å². The Labute approximate surface area is 148 Å². The number of hydrogen-bond acceptors (Lipinski definition) is 4. The van der Waals surface area contributed by atoms with E-state index >= 15 is 0 Å². The van der Waals surface area contributed by atoms with Gasteiger partial charge in [0.15, 0.2) is 0 Å². The van der Waals surface area contributed by atoms with Crippen molar-refractivity contribution in [1.29, 1.82) is 0 Å². The van der Waals surface area contributed by atoms with Crippen LogP contribution >= 0.6 is 0 Å². The van der Waals surface area contributed by atoms with Crippen LogP contribution in [0.2, 0.25) is 0 Å². The predicted molar refractivity (Wildman–Crippen MR) is 97.7 cm³/mol. The van der Waals surface area contributed by atoms with Gasteiger partial charge >= 0.3 is 5.97 Å². The molecule has 0 heterocycles. The second-order valence-electron chi connectivity index (χ2n) is 6.24. The van der Waals surface area contributed by atoms with Gasteiger partial charge in [0.2, 0.25) is 0 Å². The first kappa shape index (κ1) is 22.9. The van der Waals surface area contributed by atoms with Crippen molar-refractivity contribution in [1.82, 2.24) is 0 Å². The van der Waals surface area contributed by atoms with Gasteiger partial charge in [0, 0.05) is 20.0 Å². The van der Waals surface area contributed by atoms with Crippen LogP contribution in [0, 0.1) is 11.8 Å². The molecule has 0 saturated heterocycles. The van der Waals surface area contributed by atoms with Crippen LogP contribution in [0.5, 0.6) is 0 Å². The standard InChI is InChI=1S/C20H36O4/c1-4-5-6-12-15-18(21)19(23-2)16-13-10-8-7-9-11-14-17-20(22)24-3/h18-19,21H,4-12,14-15,17H2,1-3H3. The lowest BCUT2D eigenvalue weighted by Gasteiger charge is -2.16. The summed E-state index contributed by atoms with van der Waals surface area (Å²) in [7, 11) is 3.03. The van der Waals surface area contributed by atoms with E-state index in [2.05, 4.69) is 23.5 Å². The van der Waals surface area contributed by atoms with Crippen LogP contribution in [0.4, 0.5) is 0 Å². The fourth-order valence-corrected chi connectivity index (χ4v) is 2.53. The molecule has 0 aliphatic rings. The van der Waals surface area contributed by atoms with E-state index in [1.165, 1.54) is 20.0 Å². The minimum absolute atomic E-state index is 0.125. The van der Waals surface area contributed by atoms with Crippen LogP contribution in [0.15, 0.2) is 0 Å². The second kappa shape index (κ2) is 16.8. The van der Waals surface area contributed by atoms with E-state index in [-0.39, 0.29) is 12.1 Å². The Bertz CT molecular complexity index is 356. The first-order chi connectivity index (χ1) is 11.7. The topological polar surface area (TPSA) is 55.8 Å². The highest BCUT2D eigenvalue weighted by molar-refractivity contribution is 5.68. The number of carbonyl (C=O) groups is 1. The third-order valence-corrected chi connectivity index (χ3v) is 4.11. The van der Waals surface area contributed by atoms with Gasteiger partial charge in [0.05, 0.1) is 13.2 Å². The van der Waals surface area contributed by atoms with E-state index in [4.69, 9.17) is 4.74 Å². The zero-order valence-electron chi connectivity index (χ0n) is 15.8. The van der Waals surface area contributed by atoms with Crippen molar-refractivity contribution < 1.29 is 19.4 Å². The number of hydrogen-bond donors (Lipinski definition) is 1. The number of esters is 1. The van der Waals surface area contributed by atoms with Gasteiger partial charge in [-0.15, -0.1) is 5.92 Å². The number of aliphatic hydroxyl groups excluding tert-OH is 1. The molecule has 2 atom stereocenters. The molecule has 2 unspecified atom stereocenters. The zero-order valence-corrected chi connectivity index (χ0v) is 15.8. The molecule has 0 amide bonds. The summed E-state index contributed by atoms with van der Waals surface area (Å²) in [4.78, 5) is 11.0. The van der Waals surface area contributed by atoms with Gasteiger partial charge in [0.25, 0.3) is 0 Å². The first-order valence-electron chi connectivity index (χ1n) is 9.41. The summed E-state index contributed by atoms with van der Waals surface area (Å²) in [5.41, 5.74) is 0. The van der Waals surface area contributed by atoms with Crippen molar-refractivity contribution in [3.8, 4) is 11.8 Å². The monoisotopic (exact) mass is 340 g/mol. The van der Waals surface area contributed by atoms with Crippen molar-refractivity contribution in [3.05, 3.63) is 0 Å². The molecule has 0 saturated carbocycles. The fraction of sp³-hybridized carbons (Fsp3) is 0.850. The van der Waals surface area contributed by atoms with E-state index in [0.717, 1.165) is 57.8 Å². The summed E-state index contributed by atoms with van der Waals surface area (Å²) in [6.07, 6.45) is 11.1. The zero-order chi connectivity index (χ0) is 18.0. The molecule has 0 aromatic heterocycles. The molecule has 4 nitrogen and oxygen atoms in total. The molecule has 24 heavy (non-hydrogen) atoms. The molecule has 0 rings (SSSR count). The van der Waals surface area contributed by atoms with Crippen LogP contribution < -0.4 is 0 Å². The van der Waals surface area contributed by atoms with Crippen molar-refractivity contribution in [3.63, 3.8) is 0 Å². The summed E-state index contributed by atoms with van der Waals surface area (Å²) in [5, 5.41) is 10.1. The molecule has 1 N–H and O–H groups in total. The third kappa shape index (κ3) is 13.4. The molecule has 0 aliphatic heterocycles. The van der Waals surface area contributed by atoms with Crippen molar-refractivity contribution >= 4 is 5.97 Å². The normalized spacial score (nSPS) is 13.0. The van der Waals surface area contributed by atoms with Gasteiger partial charge < -0.3 is 14.6 Å². The lowest BCUT2D eigenvalue weighted by atomic mass is 10.0. The lowest BCUT2D eigenvalue weighted by Crippen LogP contribution is -2.26. The van der Waals surface area contributed by atoms with Gasteiger partial charge in [-0.05, 0) is 19.3 Å². The molecule has 0 bridgehead atoms. The highest BCUT2D eigenvalue weighted by Gasteiger charge is 2.15. The number of rotatable bonds is 14.